The number of carbonyl (C=O) groups is 2. The van der Waals surface area contributed by atoms with Gasteiger partial charge in [0.15, 0.2) is 0 Å². The van der Waals surface area contributed by atoms with E-state index in [1.165, 1.54) is 0 Å². The van der Waals surface area contributed by atoms with Crippen molar-refractivity contribution < 1.29 is 50.0 Å². The first-order valence-electron chi connectivity index (χ1n) is 23.7. The lowest BCUT2D eigenvalue weighted by Crippen LogP contribution is -3.00. The molecule has 4 atom stereocenters. The smallest absolute Gasteiger partial charge is 0.324 e. The summed E-state index contributed by atoms with van der Waals surface area (Å²) < 4.78 is 26.4. The average molecular weight is 986 g/mol. The zero-order valence-corrected chi connectivity index (χ0v) is 41.9. The third-order valence-electron chi connectivity index (χ3n) is 14.3. The number of amides is 2. The number of aromatic nitrogens is 2. The van der Waals surface area contributed by atoms with E-state index in [4.69, 9.17) is 24.0 Å². The number of nitrogens with zero attached hydrogens (tertiary/aromatic N) is 4. The minimum Gasteiger partial charge on any atom is -1.00 e. The quantitative estimate of drug-likeness (QED) is 0.0886. The van der Waals surface area contributed by atoms with Gasteiger partial charge in [0.2, 0.25) is 0 Å². The molecule has 4 aliphatic heterocycles. The topological polar surface area (TPSA) is 119 Å². The molecule has 0 spiro atoms. The average Bonchev–Trinajstić information content (AvgIpc) is 3.98. The molecule has 2 amide bonds. The third kappa shape index (κ3) is 10.2. The number of benzene rings is 5. The summed E-state index contributed by atoms with van der Waals surface area (Å²) in [6, 6.07) is 42.3. The molecule has 4 fully saturated rings. The van der Waals surface area contributed by atoms with E-state index in [0.29, 0.717) is 42.4 Å². The van der Waals surface area contributed by atoms with Crippen LogP contribution in [-0.4, -0.2) is 115 Å². The van der Waals surface area contributed by atoms with E-state index in [1.807, 2.05) is 141 Å². The van der Waals surface area contributed by atoms with Gasteiger partial charge in [0, 0.05) is 54.7 Å². The van der Waals surface area contributed by atoms with Crippen LogP contribution in [-0.2, 0) is 29.8 Å². The molecule has 12 nitrogen and oxygen atoms in total. The summed E-state index contributed by atoms with van der Waals surface area (Å²) in [5, 5.41) is 12.7. The highest BCUT2D eigenvalue weighted by molar-refractivity contribution is 6.07. The lowest BCUT2D eigenvalue weighted by molar-refractivity contribution is -0.938. The molecule has 4 aliphatic rings. The second-order valence-electron chi connectivity index (χ2n) is 20.1. The number of epoxide rings is 1. The van der Waals surface area contributed by atoms with Crippen molar-refractivity contribution in [1.29, 1.82) is 0 Å². The maximum absolute atomic E-state index is 13.6. The number of fused-ring (bicyclic) bond motifs is 6. The minimum atomic E-state index is -0.817. The number of piperidine rings is 1. The third-order valence-corrected chi connectivity index (χ3v) is 14.3. The number of nitrogens with one attached hydrogen (secondary N) is 2. The molecule has 6 aromatic rings. The highest BCUT2D eigenvalue weighted by Gasteiger charge is 2.71. The van der Waals surface area contributed by atoms with E-state index >= 15 is 0 Å². The monoisotopic (exact) mass is 984 g/mol. The number of halogens is 1. The maximum atomic E-state index is 13.6. The first-order chi connectivity index (χ1) is 32.2. The Hall–Kier alpha value is -5.57. The summed E-state index contributed by atoms with van der Waals surface area (Å²) >= 11 is 0. The number of carbonyl (C=O) groups excluding carboxylic acids is 2. The molecule has 1 aromatic heterocycles. The zero-order valence-electron chi connectivity index (χ0n) is 40.3. The minimum absolute atomic E-state index is 0. The number of esters is 1. The van der Waals surface area contributed by atoms with Crippen LogP contribution < -0.4 is 32.4 Å². The number of hydrogen-bond donors (Lipinski definition) is 2. The van der Waals surface area contributed by atoms with Gasteiger partial charge < -0.3 is 45.7 Å². The molecule has 13 heteroatoms. The number of ether oxygens (including phenoxy) is 4. The first-order valence-corrected chi connectivity index (χ1v) is 23.7. The van der Waals surface area contributed by atoms with Gasteiger partial charge in [0.1, 0.15) is 54.0 Å². The molecule has 0 aliphatic carbocycles. The Morgan fingerprint density at radius 2 is 1.35 bits per heavy atom. The summed E-state index contributed by atoms with van der Waals surface area (Å²) in [5.74, 6) is 1.25. The maximum Gasteiger partial charge on any atom is 0.324 e. The van der Waals surface area contributed by atoms with Gasteiger partial charge in [0.05, 0.1) is 44.4 Å². The Labute approximate surface area is 411 Å². The Morgan fingerprint density at radius 1 is 0.765 bits per heavy atom. The normalized spacial score (nSPS) is 21.6. The molecule has 68 heavy (non-hydrogen) atoms. The van der Waals surface area contributed by atoms with Crippen LogP contribution >= 0.6 is 0 Å². The highest BCUT2D eigenvalue weighted by atomic mass is 79.9. The molecule has 358 valence electrons. The SMILES string of the molecule is CC(C(=O)OC1CC2[C@@H]3O[C@H]3C(C1)[N+]2(C)C)(c1ccccc1)c1ccccc1.Cc1ccc(-n2nc(C(C)(C)C)cc2NC(=O)Nc2ccc(OCCN3CCOCC3)c3ccccc23)cc1.[Br-]. The van der Waals surface area contributed by atoms with Gasteiger partial charge >= 0.3 is 12.0 Å². The van der Waals surface area contributed by atoms with Crippen molar-refractivity contribution >= 4 is 34.3 Å². The lowest BCUT2D eigenvalue weighted by Gasteiger charge is -2.45. The van der Waals surface area contributed by atoms with Gasteiger partial charge in [-0.2, -0.15) is 5.10 Å². The van der Waals surface area contributed by atoms with Gasteiger partial charge in [-0.3, -0.25) is 15.0 Å². The van der Waals surface area contributed by atoms with Crippen LogP contribution in [0.2, 0.25) is 0 Å². The van der Waals surface area contributed by atoms with E-state index in [1.54, 1.807) is 4.68 Å². The summed E-state index contributed by atoms with van der Waals surface area (Å²) in [4.78, 5) is 29.2. The van der Waals surface area contributed by atoms with Crippen LogP contribution in [0.3, 0.4) is 0 Å². The number of urea groups is 1. The molecular formula is C55H65BrN6O6. The van der Waals surface area contributed by atoms with Crippen molar-refractivity contribution in [2.45, 2.75) is 88.7 Å². The van der Waals surface area contributed by atoms with Crippen molar-refractivity contribution in [3.05, 3.63) is 150 Å². The first kappa shape index (κ1) is 48.9. The van der Waals surface area contributed by atoms with Gasteiger partial charge in [-0.05, 0) is 49.2 Å². The second kappa shape index (κ2) is 20.2. The van der Waals surface area contributed by atoms with Crippen LogP contribution in [0.5, 0.6) is 5.75 Å². The number of hydrogen-bond acceptors (Lipinski definition) is 8. The molecule has 4 saturated heterocycles. The molecular weight excluding hydrogens is 921 g/mol. The molecule has 2 bridgehead atoms. The van der Waals surface area contributed by atoms with Crippen LogP contribution in [0.25, 0.3) is 16.5 Å². The summed E-state index contributed by atoms with van der Waals surface area (Å²) in [7, 11) is 4.59. The Balaban J connectivity index is 0.000000190. The molecule has 0 radical (unpaired) electrons. The van der Waals surface area contributed by atoms with Crippen LogP contribution in [0, 0.1) is 6.92 Å². The fraction of sp³-hybridized carbons (Fsp3) is 0.400. The molecule has 5 aromatic carbocycles. The predicted octanol–water partition coefficient (Wildman–Crippen LogP) is 6.28. The van der Waals surface area contributed by atoms with E-state index in [-0.39, 0.29) is 40.5 Å². The molecule has 2 N–H and O–H groups in total. The standard InChI is InChI=1S/C31H37N5O3.C24H28NO3.BrH/c1-22-9-11-23(12-10-22)36-29(21-28(34-36)31(2,3)4)33-30(37)32-26-13-14-27(25-8-6-5-7-24(25)26)39-20-17-35-15-18-38-19-16-35;1-24(16-10-6-4-7-11-16,17-12-8-5-9-13-17)23(26)27-18-14-19-21-22(28-21)20(15-18)25(19,2)3;/h5-14,21H,15-20H2,1-4H3,(H2,32,33,37);4-13,18-22H,14-15H2,1-3H3;1H/q;+1;/p-1/t;18?,19?,20?,21-,22-;/m.0./s1. The van der Waals surface area contributed by atoms with E-state index in [2.05, 4.69) is 50.4 Å². The van der Waals surface area contributed by atoms with Crippen molar-refractivity contribution in [3.63, 3.8) is 0 Å². The molecule has 2 unspecified atom stereocenters. The fourth-order valence-electron chi connectivity index (χ4n) is 10.1. The van der Waals surface area contributed by atoms with Crippen LogP contribution in [0.1, 0.15) is 62.9 Å². The van der Waals surface area contributed by atoms with Crippen molar-refractivity contribution in [1.82, 2.24) is 14.7 Å². The number of likely N-dealkylation sites (N-methyl/N-ethyl adjacent to an activating group) is 1. The number of quaternary nitrogens is 1. The van der Waals surface area contributed by atoms with Crippen LogP contribution in [0.15, 0.2) is 127 Å². The van der Waals surface area contributed by atoms with Crippen molar-refractivity contribution in [2.75, 3.05) is 64.2 Å². The van der Waals surface area contributed by atoms with E-state index < -0.39 is 5.41 Å². The second-order valence-corrected chi connectivity index (χ2v) is 20.1. The van der Waals surface area contributed by atoms with Crippen molar-refractivity contribution in [3.8, 4) is 11.4 Å². The fourth-order valence-corrected chi connectivity index (χ4v) is 10.1. The largest absolute Gasteiger partial charge is 1.00 e. The summed E-state index contributed by atoms with van der Waals surface area (Å²) in [6.45, 7) is 15.2. The number of anilines is 2. The Kier molecular flexibility index (Phi) is 14.5. The highest BCUT2D eigenvalue weighted by Crippen LogP contribution is 2.52. The Bertz CT molecular complexity index is 2620. The van der Waals surface area contributed by atoms with E-state index in [9.17, 15) is 9.59 Å². The Morgan fingerprint density at radius 3 is 1.96 bits per heavy atom. The predicted molar refractivity (Wildman–Crippen MR) is 263 cm³/mol. The van der Waals surface area contributed by atoms with Crippen LogP contribution in [0.4, 0.5) is 16.3 Å². The summed E-state index contributed by atoms with van der Waals surface area (Å²) in [6.07, 6.45) is 2.46. The zero-order chi connectivity index (χ0) is 46.9. The molecule has 0 saturated carbocycles. The molecule has 5 heterocycles. The summed E-state index contributed by atoms with van der Waals surface area (Å²) in [5.41, 5.74) is 4.59. The molecule has 10 rings (SSSR count). The van der Waals surface area contributed by atoms with Gasteiger partial charge in [0.25, 0.3) is 0 Å². The number of aryl methyl sites for hydroxylation is 1. The van der Waals surface area contributed by atoms with E-state index in [0.717, 1.165) is 94.8 Å². The lowest BCUT2D eigenvalue weighted by atomic mass is 9.76. The van der Waals surface area contributed by atoms with Gasteiger partial charge in [-0.25, -0.2) is 9.48 Å². The number of morpholine rings is 2. The number of rotatable bonds is 11. The van der Waals surface area contributed by atoms with Gasteiger partial charge in [-0.15, -0.1) is 0 Å². The van der Waals surface area contributed by atoms with Crippen molar-refractivity contribution in [2.24, 2.45) is 0 Å². The van der Waals surface area contributed by atoms with Gasteiger partial charge in [-0.1, -0.05) is 123 Å².